The minimum absolute atomic E-state index is 0.0323. The van der Waals surface area contributed by atoms with Gasteiger partial charge >= 0.3 is 0 Å². The largest absolute Gasteiger partial charge is 0.356 e. The van der Waals surface area contributed by atoms with Gasteiger partial charge in [-0.3, -0.25) is 4.79 Å². The van der Waals surface area contributed by atoms with E-state index in [-0.39, 0.29) is 5.91 Å². The van der Waals surface area contributed by atoms with Crippen LogP contribution in [-0.2, 0) is 12.2 Å². The molecule has 1 aromatic heterocycles. The van der Waals surface area contributed by atoms with Crippen LogP contribution in [0.4, 0.5) is 5.82 Å². The van der Waals surface area contributed by atoms with E-state index in [0.29, 0.717) is 6.04 Å². The van der Waals surface area contributed by atoms with Gasteiger partial charge in [0.25, 0.3) is 5.91 Å². The van der Waals surface area contributed by atoms with Gasteiger partial charge in [0.2, 0.25) is 0 Å². The number of rotatable bonds is 7. The van der Waals surface area contributed by atoms with Crippen LogP contribution in [0.25, 0.3) is 0 Å². The molecule has 142 valence electrons. The molecule has 2 aromatic rings. The average Bonchev–Trinajstić information content (AvgIpc) is 3.34. The summed E-state index contributed by atoms with van der Waals surface area (Å²) in [5, 5.41) is 3.87. The molecule has 6 heteroatoms. The van der Waals surface area contributed by atoms with Gasteiger partial charge in [-0.15, -0.1) is 0 Å². The highest BCUT2D eigenvalue weighted by atomic mass is 32.2. The predicted molar refractivity (Wildman–Crippen MR) is 109 cm³/mol. The second-order valence-electron chi connectivity index (χ2n) is 7.28. The van der Waals surface area contributed by atoms with Gasteiger partial charge in [0.05, 0.1) is 0 Å². The Bertz CT molecular complexity index is 816. The van der Waals surface area contributed by atoms with Crippen molar-refractivity contribution in [1.82, 2.24) is 15.3 Å². The lowest BCUT2D eigenvalue weighted by molar-refractivity contribution is 0.0951. The molecule has 0 unspecified atom stereocenters. The molecule has 0 bridgehead atoms. The molecule has 4 rings (SSSR count). The molecule has 1 N–H and O–H groups in total. The first-order valence-electron chi connectivity index (χ1n) is 9.87. The van der Waals surface area contributed by atoms with E-state index in [0.717, 1.165) is 65.9 Å². The topological polar surface area (TPSA) is 58.1 Å². The van der Waals surface area contributed by atoms with E-state index in [1.54, 1.807) is 11.8 Å². The van der Waals surface area contributed by atoms with Crippen LogP contribution in [0.3, 0.4) is 0 Å². The third-order valence-corrected chi connectivity index (χ3v) is 5.93. The summed E-state index contributed by atoms with van der Waals surface area (Å²) in [6.07, 6.45) is 5.60. The summed E-state index contributed by atoms with van der Waals surface area (Å²) in [5.41, 5.74) is 2.95. The third kappa shape index (κ3) is 4.80. The van der Waals surface area contributed by atoms with E-state index < -0.39 is 0 Å². The van der Waals surface area contributed by atoms with Crippen LogP contribution in [0.1, 0.15) is 54.2 Å². The first kappa shape index (κ1) is 18.3. The molecule has 0 spiro atoms. The van der Waals surface area contributed by atoms with Crippen molar-refractivity contribution in [2.24, 2.45) is 0 Å². The Labute approximate surface area is 165 Å². The van der Waals surface area contributed by atoms with Crippen LogP contribution in [0.15, 0.2) is 35.5 Å². The maximum Gasteiger partial charge on any atom is 0.251 e. The zero-order valence-electron chi connectivity index (χ0n) is 15.8. The standard InChI is InChI=1S/C21H26N4OS/c1-2-17-13-19(25-10-3-4-11-25)24-21(23-17)27-14-15-6-5-7-16(12-15)20(26)22-18-8-9-18/h5-7,12-13,18H,2-4,8-11,14H2,1H3,(H,22,26). The Balaban J connectivity index is 1.44. The van der Waals surface area contributed by atoms with E-state index in [4.69, 9.17) is 4.98 Å². The number of carbonyl (C=O) groups excluding carboxylic acids is 1. The quantitative estimate of drug-likeness (QED) is 0.583. The number of benzene rings is 1. The number of hydrogen-bond acceptors (Lipinski definition) is 5. The molecule has 2 heterocycles. The highest BCUT2D eigenvalue weighted by molar-refractivity contribution is 7.98. The first-order chi connectivity index (χ1) is 13.2. The summed E-state index contributed by atoms with van der Waals surface area (Å²) < 4.78 is 0. The Morgan fingerprint density at radius 1 is 1.22 bits per heavy atom. The molecular weight excluding hydrogens is 356 g/mol. The Kier molecular flexibility index (Phi) is 5.62. The van der Waals surface area contributed by atoms with Crippen molar-refractivity contribution >= 4 is 23.5 Å². The van der Waals surface area contributed by atoms with Gasteiger partial charge in [0.15, 0.2) is 5.16 Å². The lowest BCUT2D eigenvalue weighted by atomic mass is 10.1. The zero-order chi connectivity index (χ0) is 18.6. The number of nitrogens with zero attached hydrogens (tertiary/aromatic N) is 3. The number of carbonyl (C=O) groups is 1. The third-order valence-electron chi connectivity index (χ3n) is 5.01. The zero-order valence-corrected chi connectivity index (χ0v) is 16.6. The van der Waals surface area contributed by atoms with Crippen molar-refractivity contribution in [2.75, 3.05) is 18.0 Å². The number of aromatic nitrogens is 2. The summed E-state index contributed by atoms with van der Waals surface area (Å²) in [5.74, 6) is 1.85. The van der Waals surface area contributed by atoms with Crippen molar-refractivity contribution in [3.8, 4) is 0 Å². The van der Waals surface area contributed by atoms with Crippen LogP contribution >= 0.6 is 11.8 Å². The van der Waals surface area contributed by atoms with Gasteiger partial charge in [-0.05, 0) is 49.8 Å². The molecule has 1 aromatic carbocycles. The fourth-order valence-corrected chi connectivity index (χ4v) is 4.08. The summed E-state index contributed by atoms with van der Waals surface area (Å²) in [6.45, 7) is 4.30. The molecule has 1 saturated heterocycles. The molecule has 5 nitrogen and oxygen atoms in total. The van der Waals surface area contributed by atoms with Crippen LogP contribution in [0.2, 0.25) is 0 Å². The van der Waals surface area contributed by atoms with Gasteiger partial charge in [-0.2, -0.15) is 0 Å². The van der Waals surface area contributed by atoms with Crippen LogP contribution in [0.5, 0.6) is 0 Å². The fourth-order valence-electron chi connectivity index (χ4n) is 3.26. The van der Waals surface area contributed by atoms with Crippen LogP contribution in [0, 0.1) is 0 Å². The van der Waals surface area contributed by atoms with Gasteiger partial charge in [-0.1, -0.05) is 30.8 Å². The lowest BCUT2D eigenvalue weighted by Crippen LogP contribution is -2.25. The van der Waals surface area contributed by atoms with Crippen molar-refractivity contribution in [3.63, 3.8) is 0 Å². The van der Waals surface area contributed by atoms with Crippen LogP contribution in [-0.4, -0.2) is 35.0 Å². The number of hydrogen-bond donors (Lipinski definition) is 1. The summed E-state index contributed by atoms with van der Waals surface area (Å²) in [7, 11) is 0. The Morgan fingerprint density at radius 2 is 2.04 bits per heavy atom. The minimum atomic E-state index is 0.0323. The minimum Gasteiger partial charge on any atom is -0.356 e. The van der Waals surface area contributed by atoms with Crippen molar-refractivity contribution in [3.05, 3.63) is 47.2 Å². The Hall–Kier alpha value is -2.08. The van der Waals surface area contributed by atoms with Crippen LogP contribution < -0.4 is 10.2 Å². The van der Waals surface area contributed by atoms with Gasteiger partial charge in [-0.25, -0.2) is 9.97 Å². The first-order valence-corrected chi connectivity index (χ1v) is 10.9. The monoisotopic (exact) mass is 382 g/mol. The van der Waals surface area contributed by atoms with E-state index >= 15 is 0 Å². The van der Waals surface area contributed by atoms with E-state index in [9.17, 15) is 4.79 Å². The molecule has 1 aliphatic heterocycles. The molecule has 0 radical (unpaired) electrons. The Morgan fingerprint density at radius 3 is 2.78 bits per heavy atom. The molecule has 1 saturated carbocycles. The van der Waals surface area contributed by atoms with Crippen molar-refractivity contribution in [1.29, 1.82) is 0 Å². The number of aryl methyl sites for hydroxylation is 1. The average molecular weight is 383 g/mol. The summed E-state index contributed by atoms with van der Waals surface area (Å²) in [6, 6.07) is 10.4. The number of amides is 1. The maximum absolute atomic E-state index is 12.2. The summed E-state index contributed by atoms with van der Waals surface area (Å²) in [4.78, 5) is 24.1. The second kappa shape index (κ2) is 8.30. The van der Waals surface area contributed by atoms with E-state index in [1.807, 2.05) is 18.2 Å². The normalized spacial score (nSPS) is 16.6. The maximum atomic E-state index is 12.2. The van der Waals surface area contributed by atoms with Crippen molar-refractivity contribution in [2.45, 2.75) is 56.0 Å². The SMILES string of the molecule is CCc1cc(N2CCCC2)nc(SCc2cccc(C(=O)NC3CC3)c2)n1. The highest BCUT2D eigenvalue weighted by Gasteiger charge is 2.23. The van der Waals surface area contributed by atoms with Crippen molar-refractivity contribution < 1.29 is 4.79 Å². The fraction of sp³-hybridized carbons (Fsp3) is 0.476. The van der Waals surface area contributed by atoms with Gasteiger partial charge < -0.3 is 10.2 Å². The number of thioether (sulfide) groups is 1. The molecule has 1 amide bonds. The van der Waals surface area contributed by atoms with E-state index in [2.05, 4.69) is 34.3 Å². The second-order valence-corrected chi connectivity index (χ2v) is 8.23. The molecule has 0 atom stereocenters. The highest BCUT2D eigenvalue weighted by Crippen LogP contribution is 2.25. The number of anilines is 1. The molecular formula is C21H26N4OS. The summed E-state index contributed by atoms with van der Waals surface area (Å²) >= 11 is 1.64. The number of nitrogens with one attached hydrogen (secondary N) is 1. The molecule has 27 heavy (non-hydrogen) atoms. The van der Waals surface area contributed by atoms with Gasteiger partial charge in [0.1, 0.15) is 5.82 Å². The molecule has 2 aliphatic rings. The lowest BCUT2D eigenvalue weighted by Gasteiger charge is -2.17. The smallest absolute Gasteiger partial charge is 0.251 e. The van der Waals surface area contributed by atoms with Gasteiger partial charge in [0, 0.05) is 42.2 Å². The molecule has 2 fully saturated rings. The predicted octanol–water partition coefficient (Wildman–Crippen LogP) is 3.82. The van der Waals surface area contributed by atoms with E-state index in [1.165, 1.54) is 12.8 Å². The molecule has 1 aliphatic carbocycles.